The lowest BCUT2D eigenvalue weighted by Crippen LogP contribution is -1.96. The van der Waals surface area contributed by atoms with E-state index in [1.54, 1.807) is 24.3 Å². The Morgan fingerprint density at radius 3 is 2.55 bits per heavy atom. The average molecular weight is 277 g/mol. The predicted molar refractivity (Wildman–Crippen MR) is 75.0 cm³/mol. The summed E-state index contributed by atoms with van der Waals surface area (Å²) in [5, 5.41) is 0. The van der Waals surface area contributed by atoms with E-state index in [-0.39, 0.29) is 11.4 Å². The number of ether oxygens (including phenoxy) is 3. The van der Waals surface area contributed by atoms with Gasteiger partial charge in [-0.05, 0) is 19.1 Å². The topological polar surface area (TPSA) is 53.7 Å². The van der Waals surface area contributed by atoms with Gasteiger partial charge in [0.05, 0.1) is 19.4 Å². The van der Waals surface area contributed by atoms with Crippen LogP contribution in [0.2, 0.25) is 0 Å². The van der Waals surface area contributed by atoms with E-state index in [2.05, 4.69) is 0 Å². The summed E-state index contributed by atoms with van der Waals surface area (Å²) in [4.78, 5) is 0. The minimum atomic E-state index is -0.551. The average Bonchev–Trinajstić information content (AvgIpc) is 2.43. The molecule has 2 N–H and O–H groups in total. The van der Waals surface area contributed by atoms with Gasteiger partial charge in [0.15, 0.2) is 11.6 Å². The molecule has 0 unspecified atom stereocenters. The first-order chi connectivity index (χ1) is 9.63. The van der Waals surface area contributed by atoms with Crippen LogP contribution in [0.1, 0.15) is 6.92 Å². The van der Waals surface area contributed by atoms with Gasteiger partial charge in [-0.25, -0.2) is 4.39 Å². The zero-order valence-corrected chi connectivity index (χ0v) is 11.4. The summed E-state index contributed by atoms with van der Waals surface area (Å²) in [6, 6.07) is 9.55. The Labute approximate surface area is 116 Å². The van der Waals surface area contributed by atoms with Crippen LogP contribution in [0.4, 0.5) is 10.1 Å². The summed E-state index contributed by atoms with van der Waals surface area (Å²) in [7, 11) is 1.46. The molecule has 106 valence electrons. The number of benzene rings is 2. The monoisotopic (exact) mass is 277 g/mol. The third-order valence-electron chi connectivity index (χ3n) is 2.63. The van der Waals surface area contributed by atoms with E-state index in [0.29, 0.717) is 23.9 Å². The molecule has 0 spiro atoms. The summed E-state index contributed by atoms with van der Waals surface area (Å²) >= 11 is 0. The standard InChI is InChI=1S/C15H16FNO3/c1-3-19-10-5-4-6-11(7-10)20-14-9-15(18-2)13(17)8-12(14)16/h4-9H,3,17H2,1-2H3. The second-order valence-electron chi connectivity index (χ2n) is 4.03. The lowest BCUT2D eigenvalue weighted by atomic mass is 10.2. The molecular formula is C15H16FNO3. The number of halogens is 1. The maximum Gasteiger partial charge on any atom is 0.168 e. The molecule has 0 aliphatic carbocycles. The van der Waals surface area contributed by atoms with Crippen LogP contribution in [0.15, 0.2) is 36.4 Å². The highest BCUT2D eigenvalue weighted by Gasteiger charge is 2.11. The van der Waals surface area contributed by atoms with E-state index in [4.69, 9.17) is 19.9 Å². The zero-order chi connectivity index (χ0) is 14.5. The molecule has 20 heavy (non-hydrogen) atoms. The van der Waals surface area contributed by atoms with Crippen molar-refractivity contribution in [2.45, 2.75) is 6.92 Å². The number of methoxy groups -OCH3 is 1. The van der Waals surface area contributed by atoms with E-state index in [9.17, 15) is 4.39 Å². The van der Waals surface area contributed by atoms with Crippen LogP contribution in [-0.4, -0.2) is 13.7 Å². The summed E-state index contributed by atoms with van der Waals surface area (Å²) in [5.74, 6) is 0.992. The Morgan fingerprint density at radius 1 is 1.10 bits per heavy atom. The maximum atomic E-state index is 13.8. The van der Waals surface area contributed by atoms with Crippen molar-refractivity contribution in [1.29, 1.82) is 0 Å². The summed E-state index contributed by atoms with van der Waals surface area (Å²) in [6.07, 6.45) is 0. The summed E-state index contributed by atoms with van der Waals surface area (Å²) in [6.45, 7) is 2.44. The molecule has 0 amide bonds. The molecular weight excluding hydrogens is 261 g/mol. The summed E-state index contributed by atoms with van der Waals surface area (Å²) in [5.41, 5.74) is 5.84. The number of rotatable bonds is 5. The van der Waals surface area contributed by atoms with E-state index in [0.717, 1.165) is 0 Å². The van der Waals surface area contributed by atoms with Crippen LogP contribution in [-0.2, 0) is 0 Å². The first kappa shape index (κ1) is 14.0. The first-order valence-corrected chi connectivity index (χ1v) is 6.17. The van der Waals surface area contributed by atoms with Gasteiger partial charge in [0, 0.05) is 18.2 Å². The Bertz CT molecular complexity index is 602. The largest absolute Gasteiger partial charge is 0.494 e. The Kier molecular flexibility index (Phi) is 4.30. The molecule has 0 aliphatic rings. The second-order valence-corrected chi connectivity index (χ2v) is 4.03. The van der Waals surface area contributed by atoms with Gasteiger partial charge in [0.25, 0.3) is 0 Å². The van der Waals surface area contributed by atoms with Crippen molar-refractivity contribution in [3.05, 3.63) is 42.2 Å². The fraction of sp³-hybridized carbons (Fsp3) is 0.200. The fourth-order valence-corrected chi connectivity index (χ4v) is 1.73. The molecule has 0 aromatic heterocycles. The van der Waals surface area contributed by atoms with Gasteiger partial charge in [0.2, 0.25) is 0 Å². The van der Waals surface area contributed by atoms with Crippen molar-refractivity contribution in [2.75, 3.05) is 19.5 Å². The van der Waals surface area contributed by atoms with Crippen LogP contribution >= 0.6 is 0 Å². The number of nitrogens with two attached hydrogens (primary N) is 1. The van der Waals surface area contributed by atoms with Gasteiger partial charge >= 0.3 is 0 Å². The van der Waals surface area contributed by atoms with Crippen LogP contribution < -0.4 is 19.9 Å². The molecule has 0 bridgehead atoms. The molecule has 5 heteroatoms. The van der Waals surface area contributed by atoms with Crippen molar-refractivity contribution in [2.24, 2.45) is 0 Å². The molecule has 0 radical (unpaired) electrons. The highest BCUT2D eigenvalue weighted by molar-refractivity contribution is 5.56. The van der Waals surface area contributed by atoms with Crippen molar-refractivity contribution in [3.63, 3.8) is 0 Å². The van der Waals surface area contributed by atoms with Gasteiger partial charge in [-0.1, -0.05) is 6.07 Å². The van der Waals surface area contributed by atoms with E-state index < -0.39 is 5.82 Å². The van der Waals surface area contributed by atoms with Crippen molar-refractivity contribution in [1.82, 2.24) is 0 Å². The molecule has 0 atom stereocenters. The maximum absolute atomic E-state index is 13.8. The first-order valence-electron chi connectivity index (χ1n) is 6.17. The van der Waals surface area contributed by atoms with Crippen LogP contribution in [0.25, 0.3) is 0 Å². The van der Waals surface area contributed by atoms with Crippen molar-refractivity contribution >= 4 is 5.69 Å². The Morgan fingerprint density at radius 2 is 1.85 bits per heavy atom. The minimum Gasteiger partial charge on any atom is -0.494 e. The number of hydrogen-bond acceptors (Lipinski definition) is 4. The molecule has 0 heterocycles. The van der Waals surface area contributed by atoms with E-state index in [1.165, 1.54) is 19.2 Å². The number of nitrogen functional groups attached to an aromatic ring is 1. The van der Waals surface area contributed by atoms with Gasteiger partial charge in [-0.3, -0.25) is 0 Å². The van der Waals surface area contributed by atoms with E-state index in [1.807, 2.05) is 6.92 Å². The van der Waals surface area contributed by atoms with Gasteiger partial charge < -0.3 is 19.9 Å². The van der Waals surface area contributed by atoms with Gasteiger partial charge in [0.1, 0.15) is 17.2 Å². The highest BCUT2D eigenvalue weighted by atomic mass is 19.1. The SMILES string of the molecule is CCOc1cccc(Oc2cc(OC)c(N)cc2F)c1. The predicted octanol–water partition coefficient (Wildman–Crippen LogP) is 3.61. The zero-order valence-electron chi connectivity index (χ0n) is 11.4. The molecule has 0 aliphatic heterocycles. The molecule has 0 saturated carbocycles. The molecule has 4 nitrogen and oxygen atoms in total. The van der Waals surface area contributed by atoms with Crippen LogP contribution in [0.5, 0.6) is 23.0 Å². The molecule has 0 saturated heterocycles. The summed E-state index contributed by atoms with van der Waals surface area (Å²) < 4.78 is 29.7. The smallest absolute Gasteiger partial charge is 0.168 e. The minimum absolute atomic E-state index is 0.0460. The Balaban J connectivity index is 2.27. The lowest BCUT2D eigenvalue weighted by Gasteiger charge is -2.11. The quantitative estimate of drug-likeness (QED) is 0.848. The van der Waals surface area contributed by atoms with Gasteiger partial charge in [-0.15, -0.1) is 0 Å². The third kappa shape index (κ3) is 3.12. The molecule has 2 aromatic rings. The fourth-order valence-electron chi connectivity index (χ4n) is 1.73. The van der Waals surface area contributed by atoms with Crippen molar-refractivity contribution < 1.29 is 18.6 Å². The molecule has 2 rings (SSSR count). The molecule has 2 aromatic carbocycles. The van der Waals surface area contributed by atoms with Crippen molar-refractivity contribution in [3.8, 4) is 23.0 Å². The normalized spacial score (nSPS) is 10.2. The number of anilines is 1. The number of hydrogen-bond donors (Lipinski definition) is 1. The van der Waals surface area contributed by atoms with Gasteiger partial charge in [-0.2, -0.15) is 0 Å². The Hall–Kier alpha value is -2.43. The van der Waals surface area contributed by atoms with Crippen LogP contribution in [0, 0.1) is 5.82 Å². The van der Waals surface area contributed by atoms with Crippen LogP contribution in [0.3, 0.4) is 0 Å². The highest BCUT2D eigenvalue weighted by Crippen LogP contribution is 2.33. The second kappa shape index (κ2) is 6.14. The molecule has 0 fully saturated rings. The third-order valence-corrected chi connectivity index (χ3v) is 2.63. The van der Waals surface area contributed by atoms with E-state index >= 15 is 0 Å². The lowest BCUT2D eigenvalue weighted by molar-refractivity contribution is 0.337.